The van der Waals surface area contributed by atoms with Crippen LogP contribution in [-0.4, -0.2) is 40.7 Å². The number of nitrogens with one attached hydrogen (secondary N) is 1. The zero-order chi connectivity index (χ0) is 16.2. The highest BCUT2D eigenvalue weighted by molar-refractivity contribution is 5.81. The standard InChI is InChI=1S/C16H30N4O/c1-11(2)8-14(16(21)19(5)6)17-9-13-10-20(7)18-15(13)12(3)4/h10-12,14,17H,8-9H2,1-7H3. The summed E-state index contributed by atoms with van der Waals surface area (Å²) in [6.07, 6.45) is 2.88. The van der Waals surface area contributed by atoms with Crippen LogP contribution in [0.2, 0.25) is 0 Å². The molecule has 0 radical (unpaired) electrons. The lowest BCUT2D eigenvalue weighted by Gasteiger charge is -2.23. The first-order chi connectivity index (χ1) is 9.72. The van der Waals surface area contributed by atoms with Gasteiger partial charge in [-0.15, -0.1) is 0 Å². The Kier molecular flexibility index (Phi) is 6.40. The number of hydrogen-bond acceptors (Lipinski definition) is 3. The Morgan fingerprint density at radius 2 is 1.95 bits per heavy atom. The molecule has 5 heteroatoms. The Hall–Kier alpha value is -1.36. The lowest BCUT2D eigenvalue weighted by molar-refractivity contribution is -0.131. The molecule has 1 rings (SSSR count). The van der Waals surface area contributed by atoms with E-state index in [-0.39, 0.29) is 11.9 Å². The molecule has 5 nitrogen and oxygen atoms in total. The van der Waals surface area contributed by atoms with Gasteiger partial charge in [-0.1, -0.05) is 27.7 Å². The van der Waals surface area contributed by atoms with Gasteiger partial charge in [0, 0.05) is 39.4 Å². The number of nitrogens with zero attached hydrogens (tertiary/aromatic N) is 3. The topological polar surface area (TPSA) is 50.2 Å². The first kappa shape index (κ1) is 17.7. The Bertz CT molecular complexity index is 463. The van der Waals surface area contributed by atoms with Crippen molar-refractivity contribution in [2.45, 2.75) is 52.6 Å². The van der Waals surface area contributed by atoms with Crippen LogP contribution in [0.3, 0.4) is 0 Å². The summed E-state index contributed by atoms with van der Waals surface area (Å²) in [5.74, 6) is 1.000. The maximum atomic E-state index is 12.3. The number of aromatic nitrogens is 2. The van der Waals surface area contributed by atoms with Crippen LogP contribution >= 0.6 is 0 Å². The van der Waals surface area contributed by atoms with Gasteiger partial charge in [0.25, 0.3) is 0 Å². The average Bonchev–Trinajstić information content (AvgIpc) is 2.74. The number of carbonyl (C=O) groups excluding carboxylic acids is 1. The van der Waals surface area contributed by atoms with E-state index in [4.69, 9.17) is 0 Å². The van der Waals surface area contributed by atoms with Crippen LogP contribution < -0.4 is 5.32 Å². The second-order valence-electron chi connectivity index (χ2n) is 6.66. The Morgan fingerprint density at radius 1 is 1.33 bits per heavy atom. The lowest BCUT2D eigenvalue weighted by atomic mass is 10.0. The average molecular weight is 294 g/mol. The number of aryl methyl sites for hydroxylation is 1. The van der Waals surface area contributed by atoms with Crippen LogP contribution in [0.4, 0.5) is 0 Å². The Balaban J connectivity index is 2.79. The molecule has 1 unspecified atom stereocenters. The van der Waals surface area contributed by atoms with Gasteiger partial charge in [0.05, 0.1) is 11.7 Å². The summed E-state index contributed by atoms with van der Waals surface area (Å²) in [6, 6.07) is -0.139. The van der Waals surface area contributed by atoms with Crippen molar-refractivity contribution in [3.8, 4) is 0 Å². The van der Waals surface area contributed by atoms with Gasteiger partial charge in [0.15, 0.2) is 0 Å². The predicted octanol–water partition coefficient (Wildman–Crippen LogP) is 2.14. The van der Waals surface area contributed by atoms with Crippen molar-refractivity contribution in [1.29, 1.82) is 0 Å². The third-order valence-electron chi connectivity index (χ3n) is 3.47. The van der Waals surface area contributed by atoms with E-state index in [0.29, 0.717) is 18.4 Å². The molecule has 0 saturated carbocycles. The van der Waals surface area contributed by atoms with Gasteiger partial charge in [-0.2, -0.15) is 5.10 Å². The molecule has 0 aromatic carbocycles. The second-order valence-corrected chi connectivity index (χ2v) is 6.66. The Labute approximate surface area is 128 Å². The zero-order valence-corrected chi connectivity index (χ0v) is 14.5. The molecular formula is C16H30N4O. The van der Waals surface area contributed by atoms with Crippen LogP contribution in [0.5, 0.6) is 0 Å². The van der Waals surface area contributed by atoms with Crippen molar-refractivity contribution in [2.75, 3.05) is 14.1 Å². The van der Waals surface area contributed by atoms with Crippen molar-refractivity contribution in [1.82, 2.24) is 20.0 Å². The summed E-state index contributed by atoms with van der Waals surface area (Å²) in [4.78, 5) is 13.9. The fourth-order valence-corrected chi connectivity index (χ4v) is 2.46. The molecule has 120 valence electrons. The molecule has 1 aromatic rings. The molecule has 0 bridgehead atoms. The van der Waals surface area contributed by atoms with Crippen LogP contribution in [0.25, 0.3) is 0 Å². The van der Waals surface area contributed by atoms with Gasteiger partial charge in [-0.25, -0.2) is 0 Å². The first-order valence-corrected chi connectivity index (χ1v) is 7.69. The largest absolute Gasteiger partial charge is 0.347 e. The van der Waals surface area contributed by atoms with Crippen molar-refractivity contribution in [3.63, 3.8) is 0 Å². The molecule has 0 aliphatic heterocycles. The molecule has 21 heavy (non-hydrogen) atoms. The monoisotopic (exact) mass is 294 g/mol. The highest BCUT2D eigenvalue weighted by Crippen LogP contribution is 2.17. The van der Waals surface area contributed by atoms with Crippen molar-refractivity contribution in [3.05, 3.63) is 17.5 Å². The minimum atomic E-state index is -0.139. The van der Waals surface area contributed by atoms with Crippen molar-refractivity contribution >= 4 is 5.91 Å². The second kappa shape index (κ2) is 7.59. The quantitative estimate of drug-likeness (QED) is 0.838. The third kappa shape index (κ3) is 5.16. The Morgan fingerprint density at radius 3 is 2.43 bits per heavy atom. The molecule has 1 heterocycles. The summed E-state index contributed by atoms with van der Waals surface area (Å²) >= 11 is 0. The van der Waals surface area contributed by atoms with Crippen LogP contribution in [0, 0.1) is 5.92 Å². The molecule has 0 spiro atoms. The maximum Gasteiger partial charge on any atom is 0.239 e. The van der Waals surface area contributed by atoms with E-state index in [1.165, 1.54) is 5.56 Å². The molecule has 1 amide bonds. The van der Waals surface area contributed by atoms with E-state index >= 15 is 0 Å². The summed E-state index contributed by atoms with van der Waals surface area (Å²) in [5, 5.41) is 7.92. The van der Waals surface area contributed by atoms with E-state index in [0.717, 1.165) is 12.1 Å². The number of hydrogen-bond donors (Lipinski definition) is 1. The summed E-state index contributed by atoms with van der Waals surface area (Å²) < 4.78 is 1.84. The number of carbonyl (C=O) groups is 1. The van der Waals surface area contributed by atoms with Crippen molar-refractivity contribution < 1.29 is 4.79 Å². The van der Waals surface area contributed by atoms with Gasteiger partial charge in [-0.05, 0) is 18.3 Å². The fourth-order valence-electron chi connectivity index (χ4n) is 2.46. The normalized spacial score (nSPS) is 13.0. The smallest absolute Gasteiger partial charge is 0.239 e. The van der Waals surface area contributed by atoms with E-state index in [1.807, 2.05) is 17.9 Å². The minimum absolute atomic E-state index is 0.138. The molecule has 0 aliphatic rings. The van der Waals surface area contributed by atoms with Gasteiger partial charge in [-0.3, -0.25) is 9.48 Å². The maximum absolute atomic E-state index is 12.3. The summed E-state index contributed by atoms with van der Waals surface area (Å²) in [5.41, 5.74) is 2.28. The zero-order valence-electron chi connectivity index (χ0n) is 14.5. The van der Waals surface area contributed by atoms with Crippen LogP contribution in [0.1, 0.15) is 51.3 Å². The molecule has 0 aliphatic carbocycles. The van der Waals surface area contributed by atoms with E-state index < -0.39 is 0 Å². The van der Waals surface area contributed by atoms with Crippen LogP contribution in [0.15, 0.2) is 6.20 Å². The molecule has 0 saturated heterocycles. The minimum Gasteiger partial charge on any atom is -0.347 e. The molecule has 0 fully saturated rings. The van der Waals surface area contributed by atoms with Gasteiger partial charge in [0.2, 0.25) is 5.91 Å². The number of amides is 1. The highest BCUT2D eigenvalue weighted by atomic mass is 16.2. The number of rotatable bonds is 7. The van der Waals surface area contributed by atoms with E-state index in [1.54, 1.807) is 19.0 Å². The predicted molar refractivity (Wildman–Crippen MR) is 86.1 cm³/mol. The SMILES string of the molecule is CC(C)CC(NCc1cn(C)nc1C(C)C)C(=O)N(C)C. The van der Waals surface area contributed by atoms with E-state index in [9.17, 15) is 4.79 Å². The van der Waals surface area contributed by atoms with Gasteiger partial charge in [0.1, 0.15) is 0 Å². The molecule has 1 N–H and O–H groups in total. The molecular weight excluding hydrogens is 264 g/mol. The number of likely N-dealkylation sites (N-methyl/N-ethyl adjacent to an activating group) is 1. The van der Waals surface area contributed by atoms with Crippen molar-refractivity contribution in [2.24, 2.45) is 13.0 Å². The molecule has 1 aromatic heterocycles. The van der Waals surface area contributed by atoms with Gasteiger partial charge < -0.3 is 10.2 Å². The summed E-state index contributed by atoms with van der Waals surface area (Å²) in [7, 11) is 5.55. The fraction of sp³-hybridized carbons (Fsp3) is 0.750. The summed E-state index contributed by atoms with van der Waals surface area (Å²) in [6.45, 7) is 9.24. The van der Waals surface area contributed by atoms with E-state index in [2.05, 4.69) is 38.1 Å². The lowest BCUT2D eigenvalue weighted by Crippen LogP contribution is -2.44. The van der Waals surface area contributed by atoms with Gasteiger partial charge >= 0.3 is 0 Å². The van der Waals surface area contributed by atoms with Crippen LogP contribution in [-0.2, 0) is 18.4 Å². The highest BCUT2D eigenvalue weighted by Gasteiger charge is 2.22. The third-order valence-corrected chi connectivity index (χ3v) is 3.47. The molecule has 1 atom stereocenters. The first-order valence-electron chi connectivity index (χ1n) is 7.69.